The number of rotatable bonds is 4. The van der Waals surface area contributed by atoms with E-state index in [1.54, 1.807) is 18.3 Å². The van der Waals surface area contributed by atoms with Crippen LogP contribution in [0.1, 0.15) is 18.3 Å². The third-order valence-electron chi connectivity index (χ3n) is 2.70. The van der Waals surface area contributed by atoms with Gasteiger partial charge in [-0.05, 0) is 30.8 Å². The van der Waals surface area contributed by atoms with Gasteiger partial charge in [0.05, 0.1) is 5.69 Å². The fraction of sp³-hybridized carbons (Fsp3) is 0.308. The van der Waals surface area contributed by atoms with E-state index in [4.69, 9.17) is 0 Å². The summed E-state index contributed by atoms with van der Waals surface area (Å²) in [5.74, 6) is 0.770. The maximum absolute atomic E-state index is 13.2. The van der Waals surface area contributed by atoms with Crippen molar-refractivity contribution in [2.24, 2.45) is 0 Å². The molecule has 1 N–H and O–H groups in total. The highest BCUT2D eigenvalue weighted by Gasteiger charge is 2.08. The van der Waals surface area contributed by atoms with Crippen LogP contribution < -0.4 is 5.32 Å². The van der Waals surface area contributed by atoms with Crippen molar-refractivity contribution in [2.75, 3.05) is 7.05 Å². The van der Waals surface area contributed by atoms with Gasteiger partial charge in [-0.1, -0.05) is 6.92 Å². The van der Waals surface area contributed by atoms with Crippen LogP contribution in [-0.4, -0.2) is 16.6 Å². The minimum absolute atomic E-state index is 0.211. The van der Waals surface area contributed by atoms with E-state index in [9.17, 15) is 4.39 Å². The second kappa shape index (κ2) is 5.10. The highest BCUT2D eigenvalue weighted by Crippen LogP contribution is 2.18. The molecule has 0 fully saturated rings. The van der Waals surface area contributed by atoms with Crippen LogP contribution in [0.2, 0.25) is 0 Å². The third-order valence-corrected chi connectivity index (χ3v) is 2.70. The van der Waals surface area contributed by atoms with Gasteiger partial charge in [0.1, 0.15) is 11.6 Å². The minimum Gasteiger partial charge on any atom is -0.316 e. The molecule has 2 rings (SSSR count). The molecule has 1 aromatic carbocycles. The van der Waals surface area contributed by atoms with Crippen LogP contribution in [0.3, 0.4) is 0 Å². The lowest BCUT2D eigenvalue weighted by Gasteiger charge is -2.12. The first-order valence-electron chi connectivity index (χ1n) is 5.72. The summed E-state index contributed by atoms with van der Waals surface area (Å²) in [6, 6.07) is 4.84. The first-order valence-corrected chi connectivity index (χ1v) is 5.72. The summed E-state index contributed by atoms with van der Waals surface area (Å²) in [6.45, 7) is 2.69. The van der Waals surface area contributed by atoms with E-state index in [0.29, 0.717) is 6.54 Å². The summed E-state index contributed by atoms with van der Waals surface area (Å²) in [4.78, 5) is 4.28. The molecule has 0 radical (unpaired) electrons. The third kappa shape index (κ3) is 2.36. The molecule has 0 aliphatic heterocycles. The lowest BCUT2D eigenvalue weighted by atomic mass is 10.1. The van der Waals surface area contributed by atoms with Crippen molar-refractivity contribution in [1.82, 2.24) is 14.9 Å². The normalized spacial score (nSPS) is 10.8. The van der Waals surface area contributed by atoms with E-state index in [1.807, 2.05) is 17.8 Å². The van der Waals surface area contributed by atoms with Crippen LogP contribution in [0.15, 0.2) is 30.6 Å². The summed E-state index contributed by atoms with van der Waals surface area (Å²) < 4.78 is 15.2. The first-order chi connectivity index (χ1) is 8.26. The molecule has 3 nitrogen and oxygen atoms in total. The second-order valence-electron chi connectivity index (χ2n) is 3.87. The molecule has 0 saturated carbocycles. The van der Waals surface area contributed by atoms with Gasteiger partial charge in [0.2, 0.25) is 0 Å². The molecule has 0 atom stereocenters. The lowest BCUT2D eigenvalue weighted by Crippen LogP contribution is -2.10. The molecule has 1 heterocycles. The highest BCUT2D eigenvalue weighted by molar-refractivity contribution is 5.42. The number of halogens is 1. The van der Waals surface area contributed by atoms with E-state index >= 15 is 0 Å². The Morgan fingerprint density at radius 1 is 1.41 bits per heavy atom. The van der Waals surface area contributed by atoms with Crippen molar-refractivity contribution in [3.05, 3.63) is 47.8 Å². The Balaban J connectivity index is 2.50. The number of imidazole rings is 1. The average molecular weight is 233 g/mol. The average Bonchev–Trinajstić information content (AvgIpc) is 2.78. The van der Waals surface area contributed by atoms with Crippen LogP contribution in [-0.2, 0) is 13.0 Å². The van der Waals surface area contributed by atoms with Crippen molar-refractivity contribution in [1.29, 1.82) is 0 Å². The number of nitrogens with one attached hydrogen (secondary N) is 1. The van der Waals surface area contributed by atoms with Gasteiger partial charge in [-0.3, -0.25) is 0 Å². The number of aromatic nitrogens is 2. The van der Waals surface area contributed by atoms with Gasteiger partial charge in [0.25, 0.3) is 0 Å². The number of hydrogen-bond acceptors (Lipinski definition) is 2. The Morgan fingerprint density at radius 3 is 2.94 bits per heavy atom. The summed E-state index contributed by atoms with van der Waals surface area (Å²) >= 11 is 0. The number of benzene rings is 1. The van der Waals surface area contributed by atoms with Crippen molar-refractivity contribution < 1.29 is 4.39 Å². The highest BCUT2D eigenvalue weighted by atomic mass is 19.1. The first kappa shape index (κ1) is 11.8. The predicted octanol–water partition coefficient (Wildman–Crippen LogP) is 2.29. The van der Waals surface area contributed by atoms with Gasteiger partial charge in [-0.15, -0.1) is 0 Å². The van der Waals surface area contributed by atoms with E-state index in [2.05, 4.69) is 17.2 Å². The molecule has 0 aliphatic rings. The van der Waals surface area contributed by atoms with Gasteiger partial charge in [0.15, 0.2) is 0 Å². The summed E-state index contributed by atoms with van der Waals surface area (Å²) in [6.07, 6.45) is 4.53. The second-order valence-corrected chi connectivity index (χ2v) is 3.87. The Kier molecular flexibility index (Phi) is 3.54. The Bertz CT molecular complexity index is 505. The SMILES string of the molecule is CCc1nccn1-c1ccc(F)cc1CNC. The molecule has 0 spiro atoms. The quantitative estimate of drug-likeness (QED) is 0.878. The smallest absolute Gasteiger partial charge is 0.123 e. The van der Waals surface area contributed by atoms with E-state index in [0.717, 1.165) is 23.5 Å². The zero-order valence-corrected chi connectivity index (χ0v) is 10.1. The lowest BCUT2D eigenvalue weighted by molar-refractivity contribution is 0.622. The largest absolute Gasteiger partial charge is 0.316 e. The monoisotopic (exact) mass is 233 g/mol. The topological polar surface area (TPSA) is 29.9 Å². The maximum Gasteiger partial charge on any atom is 0.123 e. The van der Waals surface area contributed by atoms with E-state index < -0.39 is 0 Å². The van der Waals surface area contributed by atoms with Gasteiger partial charge in [-0.2, -0.15) is 0 Å². The maximum atomic E-state index is 13.2. The molecular weight excluding hydrogens is 217 g/mol. The Labute approximate surface area is 100 Å². The zero-order chi connectivity index (χ0) is 12.3. The molecule has 1 aromatic heterocycles. The van der Waals surface area contributed by atoms with Gasteiger partial charge >= 0.3 is 0 Å². The fourth-order valence-corrected chi connectivity index (χ4v) is 1.94. The van der Waals surface area contributed by atoms with Crippen molar-refractivity contribution in [2.45, 2.75) is 19.9 Å². The Morgan fingerprint density at radius 2 is 2.24 bits per heavy atom. The molecule has 0 amide bonds. The summed E-state index contributed by atoms with van der Waals surface area (Å²) in [5.41, 5.74) is 1.91. The van der Waals surface area contributed by atoms with Gasteiger partial charge in [0, 0.05) is 25.4 Å². The molecule has 17 heavy (non-hydrogen) atoms. The van der Waals surface area contributed by atoms with Crippen LogP contribution in [0, 0.1) is 5.82 Å². The number of nitrogens with zero attached hydrogens (tertiary/aromatic N) is 2. The molecular formula is C13H16FN3. The fourth-order valence-electron chi connectivity index (χ4n) is 1.94. The molecule has 0 bridgehead atoms. The molecule has 0 unspecified atom stereocenters. The molecule has 4 heteroatoms. The molecule has 0 aliphatic carbocycles. The standard InChI is InChI=1S/C13H16FN3/c1-3-13-16-6-7-17(13)12-5-4-11(14)8-10(12)9-15-2/h4-8,15H,3,9H2,1-2H3. The van der Waals surface area contributed by atoms with Crippen LogP contribution in [0.4, 0.5) is 4.39 Å². The zero-order valence-electron chi connectivity index (χ0n) is 10.1. The molecule has 90 valence electrons. The van der Waals surface area contributed by atoms with Crippen LogP contribution in [0.25, 0.3) is 5.69 Å². The van der Waals surface area contributed by atoms with E-state index in [1.165, 1.54) is 6.07 Å². The number of aryl methyl sites for hydroxylation is 1. The van der Waals surface area contributed by atoms with Crippen LogP contribution in [0.5, 0.6) is 0 Å². The molecule has 0 saturated heterocycles. The van der Waals surface area contributed by atoms with E-state index in [-0.39, 0.29) is 5.82 Å². The minimum atomic E-state index is -0.211. The summed E-state index contributed by atoms with van der Waals surface area (Å²) in [5, 5.41) is 3.05. The predicted molar refractivity (Wildman–Crippen MR) is 65.7 cm³/mol. The van der Waals surface area contributed by atoms with Crippen molar-refractivity contribution >= 4 is 0 Å². The van der Waals surface area contributed by atoms with Gasteiger partial charge in [-0.25, -0.2) is 9.37 Å². The molecule has 2 aromatic rings. The van der Waals surface area contributed by atoms with Gasteiger partial charge < -0.3 is 9.88 Å². The summed E-state index contributed by atoms with van der Waals surface area (Å²) in [7, 11) is 1.85. The van der Waals surface area contributed by atoms with Crippen molar-refractivity contribution in [3.63, 3.8) is 0 Å². The van der Waals surface area contributed by atoms with Crippen LogP contribution >= 0.6 is 0 Å². The Hall–Kier alpha value is -1.68. The van der Waals surface area contributed by atoms with Crippen molar-refractivity contribution in [3.8, 4) is 5.69 Å². The number of hydrogen-bond donors (Lipinski definition) is 1.